The molecular weight excluding hydrogens is 230 g/mol. The molecule has 0 bridgehead atoms. The summed E-state index contributed by atoms with van der Waals surface area (Å²) in [5.41, 5.74) is 0.874. The summed E-state index contributed by atoms with van der Waals surface area (Å²) >= 11 is 0. The first-order valence-corrected chi connectivity index (χ1v) is 6.36. The van der Waals surface area contributed by atoms with Crippen molar-refractivity contribution >= 4 is 5.97 Å². The highest BCUT2D eigenvalue weighted by Crippen LogP contribution is 2.13. The lowest BCUT2D eigenvalue weighted by Crippen LogP contribution is -2.31. The molecule has 1 rings (SSSR count). The molecule has 0 aromatic carbocycles. The highest BCUT2D eigenvalue weighted by atomic mass is 16.4. The number of carboxylic acids is 1. The van der Waals surface area contributed by atoms with E-state index < -0.39 is 5.97 Å². The number of hydrogen-bond acceptors (Lipinski definition) is 2. The molecule has 0 spiro atoms. The molecule has 1 N–H and O–H groups in total. The van der Waals surface area contributed by atoms with Crippen LogP contribution in [-0.4, -0.2) is 15.6 Å². The number of carbonyl (C=O) groups is 1. The highest BCUT2D eigenvalue weighted by Gasteiger charge is 2.17. The molecule has 0 aliphatic rings. The van der Waals surface area contributed by atoms with E-state index in [0.717, 1.165) is 18.5 Å². The average molecular weight is 251 g/mol. The number of carboxylic acid groups (broad SMARTS) is 1. The summed E-state index contributed by atoms with van der Waals surface area (Å²) in [5, 5.41) is 9.10. The Bertz CT molecular complexity index is 498. The van der Waals surface area contributed by atoms with Crippen LogP contribution in [-0.2, 0) is 6.54 Å². The largest absolute Gasteiger partial charge is 0.477 e. The third-order valence-electron chi connectivity index (χ3n) is 3.51. The second-order valence-corrected chi connectivity index (χ2v) is 4.75. The van der Waals surface area contributed by atoms with Crippen molar-refractivity contribution in [3.8, 4) is 0 Å². The Morgan fingerprint density at radius 2 is 1.89 bits per heavy atom. The number of pyridine rings is 1. The second kappa shape index (κ2) is 5.85. The Morgan fingerprint density at radius 1 is 1.33 bits per heavy atom. The Morgan fingerprint density at radius 3 is 2.33 bits per heavy atom. The van der Waals surface area contributed by atoms with Gasteiger partial charge in [-0.3, -0.25) is 4.79 Å². The zero-order valence-electron chi connectivity index (χ0n) is 11.5. The molecule has 0 saturated carbocycles. The van der Waals surface area contributed by atoms with E-state index in [-0.39, 0.29) is 11.1 Å². The molecule has 0 radical (unpaired) electrons. The molecular formula is C14H21NO3. The van der Waals surface area contributed by atoms with E-state index in [1.807, 2.05) is 6.92 Å². The number of aromatic carboxylic acids is 1. The quantitative estimate of drug-likeness (QED) is 0.875. The van der Waals surface area contributed by atoms with Gasteiger partial charge in [-0.05, 0) is 31.4 Å². The normalized spacial score (nSPS) is 10.9. The molecule has 1 aromatic heterocycles. The molecule has 0 unspecified atom stereocenters. The molecule has 1 heterocycles. The van der Waals surface area contributed by atoms with Gasteiger partial charge in [-0.1, -0.05) is 26.7 Å². The Hall–Kier alpha value is -1.58. The third kappa shape index (κ3) is 2.81. The van der Waals surface area contributed by atoms with Crippen molar-refractivity contribution in [2.24, 2.45) is 5.92 Å². The summed E-state index contributed by atoms with van der Waals surface area (Å²) < 4.78 is 1.59. The van der Waals surface area contributed by atoms with E-state index in [1.165, 1.54) is 0 Å². The van der Waals surface area contributed by atoms with Gasteiger partial charge in [0, 0.05) is 12.2 Å². The monoisotopic (exact) mass is 251 g/mol. The second-order valence-electron chi connectivity index (χ2n) is 4.75. The van der Waals surface area contributed by atoms with Gasteiger partial charge in [0.15, 0.2) is 0 Å². The molecule has 0 amide bonds. The number of aryl methyl sites for hydroxylation is 2. The fraction of sp³-hybridized carbons (Fsp3) is 0.571. The molecule has 4 nitrogen and oxygen atoms in total. The lowest BCUT2D eigenvalue weighted by molar-refractivity contribution is 0.0693. The molecule has 18 heavy (non-hydrogen) atoms. The molecule has 0 aliphatic carbocycles. The number of aromatic nitrogens is 1. The fourth-order valence-corrected chi connectivity index (χ4v) is 2.22. The van der Waals surface area contributed by atoms with Gasteiger partial charge in [-0.25, -0.2) is 4.79 Å². The van der Waals surface area contributed by atoms with Crippen LogP contribution in [0.5, 0.6) is 0 Å². The standard InChI is InChI=1S/C14H21NO3/c1-5-11(6-2)8-15-10(4)7-9(3)12(13(15)16)14(17)18/h7,11H,5-6,8H2,1-4H3,(H,17,18). The van der Waals surface area contributed by atoms with Gasteiger partial charge in [0.25, 0.3) is 5.56 Å². The summed E-state index contributed by atoms with van der Waals surface area (Å²) in [5.74, 6) is -0.735. The van der Waals surface area contributed by atoms with Crippen LogP contribution < -0.4 is 5.56 Å². The van der Waals surface area contributed by atoms with Crippen molar-refractivity contribution in [1.29, 1.82) is 0 Å². The minimum absolute atomic E-state index is 0.105. The molecule has 0 saturated heterocycles. The Labute approximate surface area is 107 Å². The molecule has 1 aromatic rings. The first-order valence-electron chi connectivity index (χ1n) is 6.36. The Balaban J connectivity index is 3.32. The van der Waals surface area contributed by atoms with Gasteiger partial charge < -0.3 is 9.67 Å². The maximum absolute atomic E-state index is 12.2. The molecule has 100 valence electrons. The lowest BCUT2D eigenvalue weighted by Gasteiger charge is -2.18. The van der Waals surface area contributed by atoms with E-state index in [1.54, 1.807) is 17.6 Å². The van der Waals surface area contributed by atoms with Crippen LogP contribution in [0.3, 0.4) is 0 Å². The van der Waals surface area contributed by atoms with E-state index in [0.29, 0.717) is 18.0 Å². The highest BCUT2D eigenvalue weighted by molar-refractivity contribution is 5.88. The smallest absolute Gasteiger partial charge is 0.341 e. The molecule has 0 fully saturated rings. The van der Waals surface area contributed by atoms with Crippen LogP contribution in [0.25, 0.3) is 0 Å². The topological polar surface area (TPSA) is 59.3 Å². The van der Waals surface area contributed by atoms with Gasteiger partial charge in [0.2, 0.25) is 0 Å². The van der Waals surface area contributed by atoms with Crippen molar-refractivity contribution in [2.75, 3.05) is 0 Å². The average Bonchev–Trinajstić information content (AvgIpc) is 2.28. The zero-order chi connectivity index (χ0) is 13.9. The van der Waals surface area contributed by atoms with Crippen molar-refractivity contribution in [3.63, 3.8) is 0 Å². The van der Waals surface area contributed by atoms with E-state index in [4.69, 9.17) is 5.11 Å². The number of hydrogen-bond donors (Lipinski definition) is 1. The number of nitrogens with zero attached hydrogens (tertiary/aromatic N) is 1. The van der Waals surface area contributed by atoms with Crippen molar-refractivity contribution in [1.82, 2.24) is 4.57 Å². The van der Waals surface area contributed by atoms with Gasteiger partial charge in [0.05, 0.1) is 0 Å². The maximum atomic E-state index is 12.2. The molecule has 4 heteroatoms. The number of rotatable bonds is 5. The van der Waals surface area contributed by atoms with Crippen LogP contribution in [0.4, 0.5) is 0 Å². The van der Waals surface area contributed by atoms with E-state index in [9.17, 15) is 9.59 Å². The first kappa shape index (κ1) is 14.5. The van der Waals surface area contributed by atoms with Crippen molar-refractivity contribution in [3.05, 3.63) is 33.2 Å². The van der Waals surface area contributed by atoms with Crippen LogP contribution in [0.1, 0.15) is 48.3 Å². The predicted molar refractivity (Wildman–Crippen MR) is 71.2 cm³/mol. The minimum Gasteiger partial charge on any atom is -0.477 e. The summed E-state index contributed by atoms with van der Waals surface area (Å²) in [7, 11) is 0. The van der Waals surface area contributed by atoms with Crippen LogP contribution in [0, 0.1) is 19.8 Å². The van der Waals surface area contributed by atoms with E-state index in [2.05, 4.69) is 13.8 Å². The predicted octanol–water partition coefficient (Wildman–Crippen LogP) is 2.60. The van der Waals surface area contributed by atoms with E-state index >= 15 is 0 Å². The SMILES string of the molecule is CCC(CC)Cn1c(C)cc(C)c(C(=O)O)c1=O. The summed E-state index contributed by atoms with van der Waals surface area (Å²) in [4.78, 5) is 23.3. The fourth-order valence-electron chi connectivity index (χ4n) is 2.22. The minimum atomic E-state index is -1.14. The summed E-state index contributed by atoms with van der Waals surface area (Å²) in [6.07, 6.45) is 1.97. The first-order chi connectivity index (χ1) is 8.42. The van der Waals surface area contributed by atoms with Crippen molar-refractivity contribution in [2.45, 2.75) is 47.1 Å². The Kier molecular flexibility index (Phi) is 4.70. The third-order valence-corrected chi connectivity index (χ3v) is 3.51. The van der Waals surface area contributed by atoms with Gasteiger partial charge >= 0.3 is 5.97 Å². The van der Waals surface area contributed by atoms with Crippen LogP contribution in [0.15, 0.2) is 10.9 Å². The van der Waals surface area contributed by atoms with Crippen LogP contribution >= 0.6 is 0 Å². The maximum Gasteiger partial charge on any atom is 0.341 e. The van der Waals surface area contributed by atoms with Gasteiger partial charge in [-0.2, -0.15) is 0 Å². The molecule has 0 aliphatic heterocycles. The van der Waals surface area contributed by atoms with Crippen molar-refractivity contribution < 1.29 is 9.90 Å². The van der Waals surface area contributed by atoms with Crippen LogP contribution in [0.2, 0.25) is 0 Å². The molecule has 0 atom stereocenters. The summed E-state index contributed by atoms with van der Waals surface area (Å²) in [6, 6.07) is 1.77. The zero-order valence-corrected chi connectivity index (χ0v) is 11.5. The van der Waals surface area contributed by atoms with Gasteiger partial charge in [0.1, 0.15) is 5.56 Å². The van der Waals surface area contributed by atoms with Gasteiger partial charge in [-0.15, -0.1) is 0 Å². The lowest BCUT2D eigenvalue weighted by atomic mass is 10.0. The summed E-state index contributed by atoms with van der Waals surface area (Å²) in [6.45, 7) is 8.28.